The van der Waals surface area contributed by atoms with E-state index in [0.29, 0.717) is 0 Å². The maximum Gasteiger partial charge on any atom is 0.211 e. The molecular weight excluding hydrogens is 336 g/mol. The Bertz CT molecular complexity index is 1100. The molecule has 0 spiro atoms. The molecule has 0 bridgehead atoms. The lowest BCUT2D eigenvalue weighted by Gasteiger charge is -2.12. The second-order valence-corrected chi connectivity index (χ2v) is 6.84. The van der Waals surface area contributed by atoms with Crippen LogP contribution in [0.5, 0.6) is 0 Å². The van der Waals surface area contributed by atoms with Crippen molar-refractivity contribution in [3.8, 4) is 11.4 Å². The molecule has 0 radical (unpaired) electrons. The van der Waals surface area contributed by atoms with E-state index in [1.54, 1.807) is 0 Å². The first-order valence-corrected chi connectivity index (χ1v) is 9.29. The third-order valence-electron chi connectivity index (χ3n) is 4.77. The van der Waals surface area contributed by atoms with Crippen molar-refractivity contribution in [2.75, 3.05) is 25.5 Å². The number of hydrogen-bond acceptors (Lipinski definition) is 5. The molecule has 0 saturated heterocycles. The molecule has 0 fully saturated rings. The Morgan fingerprint density at radius 3 is 2.67 bits per heavy atom. The molecule has 27 heavy (non-hydrogen) atoms. The zero-order chi connectivity index (χ0) is 18.8. The van der Waals surface area contributed by atoms with Gasteiger partial charge in [0, 0.05) is 17.5 Å². The molecule has 0 atom stereocenters. The Kier molecular flexibility index (Phi) is 4.73. The summed E-state index contributed by atoms with van der Waals surface area (Å²) in [5.74, 6) is 1.59. The van der Waals surface area contributed by atoms with Gasteiger partial charge >= 0.3 is 0 Å². The molecule has 4 rings (SSSR count). The molecule has 2 aromatic heterocycles. The molecule has 0 aliphatic carbocycles. The Hall–Kier alpha value is -2.99. The standard InChI is InChI=1S/C21H24N6/c1-14-9-10-18-17(13-14)20-26-25-19(16-8-5-4-7-15(16)2)27(20)21(24-18)23-12-6-11-22-3/h4-5,7-10,13,22H,6,11-12H2,1-3H3,(H,23,24). The van der Waals surface area contributed by atoms with Gasteiger partial charge in [-0.15, -0.1) is 10.2 Å². The highest BCUT2D eigenvalue weighted by Crippen LogP contribution is 2.28. The van der Waals surface area contributed by atoms with Gasteiger partial charge < -0.3 is 10.6 Å². The summed E-state index contributed by atoms with van der Waals surface area (Å²) in [6, 6.07) is 14.5. The molecule has 6 heteroatoms. The first kappa shape index (κ1) is 17.4. The van der Waals surface area contributed by atoms with Crippen LogP contribution in [0.4, 0.5) is 5.95 Å². The molecule has 0 amide bonds. The number of nitrogens with zero attached hydrogens (tertiary/aromatic N) is 4. The Morgan fingerprint density at radius 1 is 1.00 bits per heavy atom. The number of nitrogens with one attached hydrogen (secondary N) is 2. The summed E-state index contributed by atoms with van der Waals surface area (Å²) < 4.78 is 2.05. The van der Waals surface area contributed by atoms with Gasteiger partial charge in [-0.05, 0) is 51.6 Å². The quantitative estimate of drug-likeness (QED) is 0.515. The lowest BCUT2D eigenvalue weighted by Crippen LogP contribution is -2.15. The van der Waals surface area contributed by atoms with Gasteiger partial charge in [0.05, 0.1) is 5.52 Å². The Balaban J connectivity index is 1.93. The number of aryl methyl sites for hydroxylation is 2. The Labute approximate surface area is 158 Å². The van der Waals surface area contributed by atoms with Crippen molar-refractivity contribution in [2.24, 2.45) is 0 Å². The smallest absolute Gasteiger partial charge is 0.211 e. The number of hydrogen-bond donors (Lipinski definition) is 2. The number of rotatable bonds is 6. The van der Waals surface area contributed by atoms with Gasteiger partial charge in [-0.1, -0.05) is 35.9 Å². The molecule has 6 nitrogen and oxygen atoms in total. The molecule has 2 aromatic carbocycles. The summed E-state index contributed by atoms with van der Waals surface area (Å²) in [5.41, 5.74) is 5.17. The fourth-order valence-corrected chi connectivity index (χ4v) is 3.33. The number of fused-ring (bicyclic) bond motifs is 3. The van der Waals surface area contributed by atoms with Crippen LogP contribution in [-0.4, -0.2) is 39.7 Å². The van der Waals surface area contributed by atoms with Crippen LogP contribution in [0.15, 0.2) is 42.5 Å². The van der Waals surface area contributed by atoms with Crippen molar-refractivity contribution < 1.29 is 0 Å². The lowest BCUT2D eigenvalue weighted by atomic mass is 10.1. The predicted molar refractivity (Wildman–Crippen MR) is 110 cm³/mol. The summed E-state index contributed by atoms with van der Waals surface area (Å²) in [7, 11) is 1.96. The van der Waals surface area contributed by atoms with Gasteiger partial charge in [-0.2, -0.15) is 0 Å². The van der Waals surface area contributed by atoms with Gasteiger partial charge in [0.2, 0.25) is 5.95 Å². The van der Waals surface area contributed by atoms with Crippen LogP contribution in [0.2, 0.25) is 0 Å². The highest BCUT2D eigenvalue weighted by atomic mass is 15.3. The van der Waals surface area contributed by atoms with Crippen molar-refractivity contribution >= 4 is 22.5 Å². The van der Waals surface area contributed by atoms with E-state index in [2.05, 4.69) is 58.9 Å². The van der Waals surface area contributed by atoms with E-state index in [0.717, 1.165) is 59.0 Å². The summed E-state index contributed by atoms with van der Waals surface area (Å²) >= 11 is 0. The first-order valence-electron chi connectivity index (χ1n) is 9.29. The predicted octanol–water partition coefficient (Wildman–Crippen LogP) is 3.58. The van der Waals surface area contributed by atoms with E-state index in [1.165, 1.54) is 5.56 Å². The molecule has 0 saturated carbocycles. The highest BCUT2D eigenvalue weighted by molar-refractivity contribution is 5.93. The maximum atomic E-state index is 4.88. The molecular formula is C21H24N6. The molecule has 138 valence electrons. The molecule has 4 aromatic rings. The zero-order valence-electron chi connectivity index (χ0n) is 16.0. The van der Waals surface area contributed by atoms with Gasteiger partial charge in [0.25, 0.3) is 0 Å². The van der Waals surface area contributed by atoms with E-state index >= 15 is 0 Å². The fraction of sp³-hybridized carbons (Fsp3) is 0.286. The molecule has 2 heterocycles. The van der Waals surface area contributed by atoms with Gasteiger partial charge in [0.1, 0.15) is 0 Å². The second-order valence-electron chi connectivity index (χ2n) is 6.84. The maximum absolute atomic E-state index is 4.88. The van der Waals surface area contributed by atoms with Gasteiger partial charge in [-0.25, -0.2) is 9.38 Å². The van der Waals surface area contributed by atoms with Crippen LogP contribution in [0.1, 0.15) is 17.5 Å². The number of anilines is 1. The van der Waals surface area contributed by atoms with Crippen LogP contribution in [0.25, 0.3) is 27.9 Å². The molecule has 2 N–H and O–H groups in total. The Morgan fingerprint density at radius 2 is 1.85 bits per heavy atom. The van der Waals surface area contributed by atoms with Crippen molar-refractivity contribution in [1.82, 2.24) is 24.9 Å². The lowest BCUT2D eigenvalue weighted by molar-refractivity contribution is 0.744. The monoisotopic (exact) mass is 360 g/mol. The minimum atomic E-state index is 0.778. The van der Waals surface area contributed by atoms with Crippen molar-refractivity contribution in [1.29, 1.82) is 0 Å². The zero-order valence-corrected chi connectivity index (χ0v) is 16.0. The summed E-state index contributed by atoms with van der Waals surface area (Å²) in [6.45, 7) is 5.95. The highest BCUT2D eigenvalue weighted by Gasteiger charge is 2.17. The average molecular weight is 360 g/mol. The van der Waals surface area contributed by atoms with Crippen LogP contribution < -0.4 is 10.6 Å². The number of benzene rings is 2. The second kappa shape index (κ2) is 7.32. The molecule has 0 unspecified atom stereocenters. The molecule has 0 aliphatic rings. The van der Waals surface area contributed by atoms with E-state index in [4.69, 9.17) is 4.98 Å². The normalized spacial score (nSPS) is 11.4. The summed E-state index contributed by atoms with van der Waals surface area (Å²) in [6.07, 6.45) is 1.01. The van der Waals surface area contributed by atoms with Crippen LogP contribution in [-0.2, 0) is 0 Å². The summed E-state index contributed by atoms with van der Waals surface area (Å²) in [5, 5.41) is 16.7. The topological polar surface area (TPSA) is 67.1 Å². The SMILES string of the molecule is CNCCCNc1nc2ccc(C)cc2c2nnc(-c3ccccc3C)n12. The average Bonchev–Trinajstić information content (AvgIpc) is 3.11. The minimum absolute atomic E-state index is 0.778. The van der Waals surface area contributed by atoms with Crippen molar-refractivity contribution in [3.63, 3.8) is 0 Å². The largest absolute Gasteiger partial charge is 0.355 e. The van der Waals surface area contributed by atoms with Crippen LogP contribution in [0.3, 0.4) is 0 Å². The summed E-state index contributed by atoms with van der Waals surface area (Å²) in [4.78, 5) is 4.88. The van der Waals surface area contributed by atoms with Crippen LogP contribution >= 0.6 is 0 Å². The number of aromatic nitrogens is 4. The van der Waals surface area contributed by atoms with Gasteiger partial charge in [0.15, 0.2) is 11.5 Å². The van der Waals surface area contributed by atoms with E-state index in [-0.39, 0.29) is 0 Å². The van der Waals surface area contributed by atoms with E-state index < -0.39 is 0 Å². The third-order valence-corrected chi connectivity index (χ3v) is 4.77. The first-order chi connectivity index (χ1) is 13.2. The molecule has 0 aliphatic heterocycles. The van der Waals surface area contributed by atoms with Crippen molar-refractivity contribution in [3.05, 3.63) is 53.6 Å². The van der Waals surface area contributed by atoms with E-state index in [1.807, 2.05) is 29.6 Å². The third kappa shape index (κ3) is 3.24. The minimum Gasteiger partial charge on any atom is -0.355 e. The van der Waals surface area contributed by atoms with Crippen LogP contribution in [0, 0.1) is 13.8 Å². The van der Waals surface area contributed by atoms with Crippen molar-refractivity contribution in [2.45, 2.75) is 20.3 Å². The van der Waals surface area contributed by atoms with E-state index in [9.17, 15) is 0 Å². The fourth-order valence-electron chi connectivity index (χ4n) is 3.33. The van der Waals surface area contributed by atoms with Gasteiger partial charge in [-0.3, -0.25) is 0 Å².